The molecule has 3 aliphatic heterocycles. The topological polar surface area (TPSA) is 99.1 Å². The number of fused-ring (bicyclic) bond motifs is 1. The molecule has 9 nitrogen and oxygen atoms in total. The first kappa shape index (κ1) is 22.5. The standard InChI is InChI=1S/C25H29N3O6/c1-15-11-19(16(2)27(15)13-18-5-4-8-32-18)20(29)14-28-23(30)25(3,26-24(28)31)17-6-7-21-22(12-17)34-10-9-33-21/h6-7,11-12,18H,4-5,8-10,13-14H2,1-3H3,(H,26,31)/t18-,25+/m0/s1. The molecule has 9 heteroatoms. The number of nitrogens with zero attached hydrogens (tertiary/aromatic N) is 2. The van der Waals surface area contributed by atoms with Crippen LogP contribution in [0.1, 0.15) is 47.1 Å². The molecule has 0 unspecified atom stereocenters. The normalized spacial score (nSPS) is 24.0. The second-order valence-electron chi connectivity index (χ2n) is 9.26. The number of hydrogen-bond donors (Lipinski definition) is 1. The number of aromatic nitrogens is 1. The fraction of sp³-hybridized carbons (Fsp3) is 0.480. The smallest absolute Gasteiger partial charge is 0.325 e. The van der Waals surface area contributed by atoms with Gasteiger partial charge in [-0.1, -0.05) is 6.07 Å². The van der Waals surface area contributed by atoms with E-state index in [2.05, 4.69) is 9.88 Å². The molecule has 1 N–H and O–H groups in total. The molecule has 2 atom stereocenters. The van der Waals surface area contributed by atoms with E-state index >= 15 is 0 Å². The van der Waals surface area contributed by atoms with Crippen molar-refractivity contribution in [2.45, 2.75) is 51.8 Å². The number of ether oxygens (including phenoxy) is 3. The van der Waals surface area contributed by atoms with E-state index in [9.17, 15) is 14.4 Å². The van der Waals surface area contributed by atoms with Crippen molar-refractivity contribution in [1.29, 1.82) is 0 Å². The molecule has 3 aliphatic rings. The van der Waals surface area contributed by atoms with Gasteiger partial charge in [0.25, 0.3) is 5.91 Å². The number of urea groups is 1. The Kier molecular flexibility index (Phi) is 5.59. The van der Waals surface area contributed by atoms with Gasteiger partial charge in [0.05, 0.1) is 12.6 Å². The maximum atomic E-state index is 13.4. The van der Waals surface area contributed by atoms with Crippen molar-refractivity contribution in [2.24, 2.45) is 0 Å². The Bertz CT molecular complexity index is 1170. The molecule has 0 bridgehead atoms. The molecule has 1 aromatic heterocycles. The van der Waals surface area contributed by atoms with Crippen LogP contribution in [0.4, 0.5) is 4.79 Å². The van der Waals surface area contributed by atoms with Crippen LogP contribution in [0.2, 0.25) is 0 Å². The number of imide groups is 1. The largest absolute Gasteiger partial charge is 0.486 e. The summed E-state index contributed by atoms with van der Waals surface area (Å²) in [5.41, 5.74) is 1.56. The van der Waals surface area contributed by atoms with Crippen molar-refractivity contribution in [1.82, 2.24) is 14.8 Å². The number of hydrogen-bond acceptors (Lipinski definition) is 6. The lowest BCUT2D eigenvalue weighted by molar-refractivity contribution is -0.130. The quantitative estimate of drug-likeness (QED) is 0.518. The minimum Gasteiger partial charge on any atom is -0.486 e. The highest BCUT2D eigenvalue weighted by Gasteiger charge is 2.50. The number of carbonyl (C=O) groups excluding carboxylic acids is 3. The third kappa shape index (κ3) is 3.73. The van der Waals surface area contributed by atoms with Gasteiger partial charge in [0.2, 0.25) is 0 Å². The highest BCUT2D eigenvalue weighted by molar-refractivity contribution is 6.11. The summed E-state index contributed by atoms with van der Waals surface area (Å²) < 4.78 is 19.0. The fourth-order valence-corrected chi connectivity index (χ4v) is 4.98. The molecule has 0 aliphatic carbocycles. The van der Waals surface area contributed by atoms with Crippen molar-refractivity contribution in [2.75, 3.05) is 26.4 Å². The van der Waals surface area contributed by atoms with E-state index in [0.29, 0.717) is 42.4 Å². The van der Waals surface area contributed by atoms with E-state index in [4.69, 9.17) is 14.2 Å². The van der Waals surface area contributed by atoms with Crippen LogP contribution in [-0.4, -0.2) is 59.7 Å². The Balaban J connectivity index is 1.35. The van der Waals surface area contributed by atoms with Gasteiger partial charge in [-0.25, -0.2) is 4.79 Å². The summed E-state index contributed by atoms with van der Waals surface area (Å²) in [6.07, 6.45) is 2.19. The zero-order valence-electron chi connectivity index (χ0n) is 19.7. The molecule has 1 aromatic carbocycles. The Morgan fingerprint density at radius 2 is 1.88 bits per heavy atom. The predicted octanol–water partition coefficient (Wildman–Crippen LogP) is 2.71. The first-order chi connectivity index (χ1) is 16.3. The van der Waals surface area contributed by atoms with Gasteiger partial charge < -0.3 is 24.1 Å². The summed E-state index contributed by atoms with van der Waals surface area (Å²) in [5.74, 6) is 0.373. The van der Waals surface area contributed by atoms with Gasteiger partial charge >= 0.3 is 6.03 Å². The number of ketones is 1. The summed E-state index contributed by atoms with van der Waals surface area (Å²) in [4.78, 5) is 40.3. The van der Waals surface area contributed by atoms with Gasteiger partial charge in [-0.15, -0.1) is 0 Å². The summed E-state index contributed by atoms with van der Waals surface area (Å²) in [5, 5.41) is 2.76. The summed E-state index contributed by atoms with van der Waals surface area (Å²) in [6.45, 7) is 7.49. The Labute approximate surface area is 197 Å². The van der Waals surface area contributed by atoms with Gasteiger partial charge in [0.1, 0.15) is 18.8 Å². The predicted molar refractivity (Wildman–Crippen MR) is 122 cm³/mol. The van der Waals surface area contributed by atoms with Crippen molar-refractivity contribution < 1.29 is 28.6 Å². The van der Waals surface area contributed by atoms with E-state index in [1.54, 1.807) is 25.1 Å². The van der Waals surface area contributed by atoms with Crippen LogP contribution in [0.3, 0.4) is 0 Å². The third-order valence-corrected chi connectivity index (χ3v) is 6.98. The highest BCUT2D eigenvalue weighted by atomic mass is 16.6. The van der Waals surface area contributed by atoms with Crippen molar-refractivity contribution in [3.8, 4) is 11.5 Å². The van der Waals surface area contributed by atoms with Gasteiger partial charge in [-0.3, -0.25) is 14.5 Å². The van der Waals surface area contributed by atoms with Gasteiger partial charge in [-0.2, -0.15) is 0 Å². The number of aryl methyl sites for hydroxylation is 1. The molecule has 5 rings (SSSR count). The Morgan fingerprint density at radius 1 is 1.12 bits per heavy atom. The number of nitrogens with one attached hydrogen (secondary N) is 1. The molecule has 0 saturated carbocycles. The van der Waals surface area contributed by atoms with E-state index in [0.717, 1.165) is 35.7 Å². The average Bonchev–Trinajstić information content (AvgIpc) is 3.50. The van der Waals surface area contributed by atoms with Gasteiger partial charge in [-0.05, 0) is 57.4 Å². The summed E-state index contributed by atoms with van der Waals surface area (Å²) in [7, 11) is 0. The van der Waals surface area contributed by atoms with Gasteiger partial charge in [0.15, 0.2) is 17.3 Å². The molecule has 2 aromatic rings. The third-order valence-electron chi connectivity index (χ3n) is 6.98. The second kappa shape index (κ2) is 8.47. The van der Waals surface area contributed by atoms with Crippen LogP contribution in [-0.2, 0) is 21.6 Å². The van der Waals surface area contributed by atoms with Crippen LogP contribution in [0.5, 0.6) is 11.5 Å². The highest BCUT2D eigenvalue weighted by Crippen LogP contribution is 2.37. The zero-order chi connectivity index (χ0) is 24.0. The molecule has 2 saturated heterocycles. The average molecular weight is 468 g/mol. The Morgan fingerprint density at radius 3 is 2.62 bits per heavy atom. The van der Waals surface area contributed by atoms with Crippen LogP contribution < -0.4 is 14.8 Å². The minimum absolute atomic E-state index is 0.144. The molecule has 0 spiro atoms. The van der Waals surface area contributed by atoms with Crippen LogP contribution in [0, 0.1) is 13.8 Å². The lowest BCUT2D eigenvalue weighted by atomic mass is 9.91. The maximum absolute atomic E-state index is 13.4. The maximum Gasteiger partial charge on any atom is 0.325 e. The second-order valence-corrected chi connectivity index (χ2v) is 9.26. The number of rotatable bonds is 6. The molecule has 2 fully saturated rings. The monoisotopic (exact) mass is 467 g/mol. The number of Topliss-reactive ketones (excluding diaryl/α,β-unsaturated/α-hetero) is 1. The first-order valence-electron chi connectivity index (χ1n) is 11.6. The van der Waals surface area contributed by atoms with E-state index < -0.39 is 17.5 Å². The molecule has 0 radical (unpaired) electrons. The SMILES string of the molecule is Cc1cc(C(=O)CN2C(=O)N[C@](C)(c3ccc4c(c3)OCCO4)C2=O)c(C)n1C[C@@H]1CCCO1. The van der Waals surface area contributed by atoms with Crippen LogP contribution in [0.15, 0.2) is 24.3 Å². The summed E-state index contributed by atoms with van der Waals surface area (Å²) >= 11 is 0. The fourth-order valence-electron chi connectivity index (χ4n) is 4.98. The van der Waals surface area contributed by atoms with Crippen LogP contribution in [0.25, 0.3) is 0 Å². The molecular weight excluding hydrogens is 438 g/mol. The first-order valence-corrected chi connectivity index (χ1v) is 11.6. The van der Waals surface area contributed by atoms with E-state index in [-0.39, 0.29) is 18.4 Å². The number of benzene rings is 1. The van der Waals surface area contributed by atoms with Crippen molar-refractivity contribution in [3.63, 3.8) is 0 Å². The van der Waals surface area contributed by atoms with Crippen molar-refractivity contribution in [3.05, 3.63) is 46.8 Å². The number of carbonyl (C=O) groups is 3. The molecule has 180 valence electrons. The summed E-state index contributed by atoms with van der Waals surface area (Å²) in [6, 6.07) is 6.40. The number of amides is 3. The molecule has 3 amide bonds. The zero-order valence-corrected chi connectivity index (χ0v) is 19.7. The lowest BCUT2D eigenvalue weighted by Crippen LogP contribution is -2.41. The molecular formula is C25H29N3O6. The minimum atomic E-state index is -1.30. The van der Waals surface area contributed by atoms with Crippen LogP contribution >= 0.6 is 0 Å². The van der Waals surface area contributed by atoms with E-state index in [1.807, 2.05) is 19.9 Å². The molecule has 34 heavy (non-hydrogen) atoms. The molecule has 4 heterocycles. The Hall–Kier alpha value is -3.33. The van der Waals surface area contributed by atoms with E-state index in [1.165, 1.54) is 0 Å². The lowest BCUT2D eigenvalue weighted by Gasteiger charge is -2.25. The van der Waals surface area contributed by atoms with Crippen molar-refractivity contribution >= 4 is 17.7 Å². The van der Waals surface area contributed by atoms with Gasteiger partial charge in [0, 0.05) is 30.1 Å².